The van der Waals surface area contributed by atoms with Crippen molar-refractivity contribution in [3.8, 4) is 0 Å². The molecule has 3 aliphatic rings. The lowest BCUT2D eigenvalue weighted by atomic mass is 9.89. The van der Waals surface area contributed by atoms with Gasteiger partial charge in [-0.2, -0.15) is 13.1 Å². The first-order valence-corrected chi connectivity index (χ1v) is 14.6. The van der Waals surface area contributed by atoms with Gasteiger partial charge < -0.3 is 14.8 Å². The molecule has 0 saturated carbocycles. The number of morpholine rings is 1. The number of hydrogen-bond donors (Lipinski definition) is 3. The molecule has 15 heteroatoms. The molecular weight excluding hydrogens is 559 g/mol. The van der Waals surface area contributed by atoms with Gasteiger partial charge in [-0.25, -0.2) is 19.3 Å². The SMILES string of the molecule is COC(=O)C1=C(CN2C3COCC2CC(NS(N)(=O)=O)C3)NC(c2nccs2)=NC1c1ccc(F)cc1Cl. The molecule has 0 spiro atoms. The van der Waals surface area contributed by atoms with Gasteiger partial charge in [-0.05, 0) is 25.0 Å². The van der Waals surface area contributed by atoms with Crippen molar-refractivity contribution in [1.29, 1.82) is 0 Å². The number of hydrogen-bond acceptors (Lipinski definition) is 10. The number of carbonyl (C=O) groups is 1. The molecule has 3 atom stereocenters. The van der Waals surface area contributed by atoms with Crippen LogP contribution in [0, 0.1) is 5.82 Å². The molecule has 2 bridgehead atoms. The van der Waals surface area contributed by atoms with Gasteiger partial charge in [-0.3, -0.25) is 9.89 Å². The Hall–Kier alpha value is -2.46. The predicted molar refractivity (Wildman–Crippen MR) is 139 cm³/mol. The quantitative estimate of drug-likeness (QED) is 0.415. The van der Waals surface area contributed by atoms with E-state index in [1.165, 1.54) is 36.6 Å². The van der Waals surface area contributed by atoms with Gasteiger partial charge in [-0.15, -0.1) is 11.3 Å². The number of rotatable bonds is 7. The fourth-order valence-electron chi connectivity index (χ4n) is 5.23. The highest BCUT2D eigenvalue weighted by atomic mass is 35.5. The molecule has 204 valence electrons. The Morgan fingerprint density at radius 1 is 1.37 bits per heavy atom. The van der Waals surface area contributed by atoms with Gasteiger partial charge >= 0.3 is 5.97 Å². The number of thiazole rings is 1. The third-order valence-corrected chi connectivity index (χ3v) is 8.54. The summed E-state index contributed by atoms with van der Waals surface area (Å²) in [5.74, 6) is -0.670. The number of esters is 1. The van der Waals surface area contributed by atoms with Crippen molar-refractivity contribution in [3.05, 3.63) is 62.5 Å². The molecule has 5 rings (SSSR count). The molecule has 11 nitrogen and oxygen atoms in total. The average molecular weight is 585 g/mol. The first kappa shape index (κ1) is 27.1. The molecule has 3 unspecified atom stereocenters. The standard InChI is InChI=1S/C23H26ClFN6O5S2/c1-35-23(32)19-18(9-31-14-7-13(30-38(26,33)34)8-15(31)11-36-10-14)28-21(22-27-4-5-37-22)29-20(19)16-3-2-12(25)6-17(16)24/h2-6,13-15,20,30H,7-11H2,1H3,(H,28,29)(H2,26,33,34). The smallest absolute Gasteiger partial charge is 0.338 e. The molecule has 0 radical (unpaired) electrons. The molecule has 4 N–H and O–H groups in total. The van der Waals surface area contributed by atoms with Gasteiger partial charge in [0.15, 0.2) is 10.8 Å². The van der Waals surface area contributed by atoms with Crippen LogP contribution in [0.25, 0.3) is 0 Å². The lowest BCUT2D eigenvalue weighted by Gasteiger charge is -2.49. The fraction of sp³-hybridized carbons (Fsp3) is 0.435. The number of aliphatic imine (C=N–C) groups is 1. The molecule has 0 aliphatic carbocycles. The van der Waals surface area contributed by atoms with Crippen LogP contribution in [0.15, 0.2) is 46.0 Å². The third kappa shape index (κ3) is 5.76. The Balaban J connectivity index is 1.54. The van der Waals surface area contributed by atoms with Gasteiger partial charge in [0.1, 0.15) is 11.9 Å². The number of carbonyl (C=O) groups excluding carboxylic acids is 1. The summed E-state index contributed by atoms with van der Waals surface area (Å²) in [6.07, 6.45) is 2.61. The van der Waals surface area contributed by atoms with Crippen molar-refractivity contribution in [2.24, 2.45) is 10.1 Å². The van der Waals surface area contributed by atoms with E-state index in [2.05, 4.69) is 19.9 Å². The van der Waals surface area contributed by atoms with Gasteiger partial charge in [-0.1, -0.05) is 17.7 Å². The largest absolute Gasteiger partial charge is 0.466 e. The maximum absolute atomic E-state index is 13.9. The number of ether oxygens (including phenoxy) is 2. The van der Waals surface area contributed by atoms with Gasteiger partial charge in [0.25, 0.3) is 10.2 Å². The van der Waals surface area contributed by atoms with Crippen LogP contribution in [0.4, 0.5) is 4.39 Å². The van der Waals surface area contributed by atoms with E-state index < -0.39 is 28.0 Å². The topological polar surface area (TPSA) is 148 Å². The molecule has 3 aliphatic heterocycles. The third-order valence-electron chi connectivity index (χ3n) is 6.77. The summed E-state index contributed by atoms with van der Waals surface area (Å²) < 4.78 is 50.6. The monoisotopic (exact) mass is 584 g/mol. The van der Waals surface area contributed by atoms with Gasteiger partial charge in [0, 0.05) is 52.5 Å². The van der Waals surface area contributed by atoms with Crippen molar-refractivity contribution in [2.75, 3.05) is 26.9 Å². The summed E-state index contributed by atoms with van der Waals surface area (Å²) >= 11 is 7.80. The maximum atomic E-state index is 13.9. The van der Waals surface area contributed by atoms with Crippen molar-refractivity contribution in [3.63, 3.8) is 0 Å². The first-order chi connectivity index (χ1) is 18.1. The number of piperidine rings is 1. The Bertz CT molecular complexity index is 1370. The highest BCUT2D eigenvalue weighted by Crippen LogP contribution is 2.38. The van der Waals surface area contributed by atoms with Crippen molar-refractivity contribution >= 4 is 45.0 Å². The van der Waals surface area contributed by atoms with E-state index in [4.69, 9.17) is 31.2 Å². The Labute approximate surface area is 228 Å². The number of aromatic nitrogens is 1. The molecule has 38 heavy (non-hydrogen) atoms. The highest BCUT2D eigenvalue weighted by molar-refractivity contribution is 7.87. The molecule has 2 fully saturated rings. The summed E-state index contributed by atoms with van der Waals surface area (Å²) in [6.45, 7) is 1.08. The van der Waals surface area contributed by atoms with Crippen LogP contribution in [0.1, 0.15) is 29.5 Å². The average Bonchev–Trinajstić information content (AvgIpc) is 3.38. The van der Waals surface area contributed by atoms with E-state index in [1.54, 1.807) is 6.20 Å². The van der Waals surface area contributed by atoms with Crippen LogP contribution in [0.3, 0.4) is 0 Å². The van der Waals surface area contributed by atoms with Crippen molar-refractivity contribution in [1.82, 2.24) is 19.9 Å². The molecule has 2 aromatic rings. The number of benzene rings is 1. The Morgan fingerprint density at radius 3 is 2.71 bits per heavy atom. The van der Waals surface area contributed by atoms with E-state index in [-0.39, 0.29) is 28.7 Å². The number of halogens is 2. The number of fused-ring (bicyclic) bond motifs is 2. The molecule has 1 aromatic heterocycles. The van der Waals surface area contributed by atoms with E-state index >= 15 is 0 Å². The lowest BCUT2D eigenvalue weighted by Crippen LogP contribution is -2.62. The first-order valence-electron chi connectivity index (χ1n) is 11.8. The molecular formula is C23H26ClFN6O5S2. The summed E-state index contributed by atoms with van der Waals surface area (Å²) in [6, 6.07) is 2.48. The van der Waals surface area contributed by atoms with Crippen LogP contribution < -0.4 is 15.2 Å². The number of methoxy groups -OCH3 is 1. The Morgan fingerprint density at radius 2 is 2.11 bits per heavy atom. The highest BCUT2D eigenvalue weighted by Gasteiger charge is 2.42. The van der Waals surface area contributed by atoms with Crippen molar-refractivity contribution in [2.45, 2.75) is 37.0 Å². The second kappa shape index (κ2) is 11.0. The number of nitrogens with two attached hydrogens (primary N) is 1. The van der Waals surface area contributed by atoms with Crippen LogP contribution in [-0.4, -0.2) is 75.1 Å². The van der Waals surface area contributed by atoms with Crippen LogP contribution in [0.5, 0.6) is 0 Å². The van der Waals surface area contributed by atoms with Crippen LogP contribution in [-0.2, 0) is 24.5 Å². The molecule has 2 saturated heterocycles. The number of nitrogens with zero attached hydrogens (tertiary/aromatic N) is 3. The summed E-state index contributed by atoms with van der Waals surface area (Å²) in [7, 11) is -2.57. The van der Waals surface area contributed by atoms with E-state index in [0.717, 1.165) is 0 Å². The zero-order valence-corrected chi connectivity index (χ0v) is 22.7. The van der Waals surface area contributed by atoms with Crippen LogP contribution in [0.2, 0.25) is 5.02 Å². The van der Waals surface area contributed by atoms with Crippen molar-refractivity contribution < 1.29 is 27.1 Å². The predicted octanol–water partition coefficient (Wildman–Crippen LogP) is 1.48. The number of amidine groups is 1. The summed E-state index contributed by atoms with van der Waals surface area (Å²) in [5, 5.41) is 11.0. The van der Waals surface area contributed by atoms with Crippen LogP contribution >= 0.6 is 22.9 Å². The molecule has 4 heterocycles. The van der Waals surface area contributed by atoms with E-state index in [9.17, 15) is 17.6 Å². The normalized spacial score (nSPS) is 26.1. The van der Waals surface area contributed by atoms with Gasteiger partial charge in [0.2, 0.25) is 0 Å². The second-order valence-electron chi connectivity index (χ2n) is 9.24. The minimum absolute atomic E-state index is 0.125. The zero-order valence-electron chi connectivity index (χ0n) is 20.3. The maximum Gasteiger partial charge on any atom is 0.338 e. The minimum atomic E-state index is -3.85. The zero-order chi connectivity index (χ0) is 27.0. The summed E-state index contributed by atoms with van der Waals surface area (Å²) in [5.41, 5.74) is 1.23. The van der Waals surface area contributed by atoms with E-state index in [0.29, 0.717) is 54.7 Å². The second-order valence-corrected chi connectivity index (χ2v) is 11.9. The lowest BCUT2D eigenvalue weighted by molar-refractivity contribution is -0.136. The molecule has 0 amide bonds. The molecule has 1 aromatic carbocycles. The number of nitrogens with one attached hydrogen (secondary N) is 2. The minimum Gasteiger partial charge on any atom is -0.466 e. The fourth-order valence-corrected chi connectivity index (χ4v) is 6.74. The summed E-state index contributed by atoms with van der Waals surface area (Å²) in [4.78, 5) is 24.5. The van der Waals surface area contributed by atoms with E-state index in [1.807, 2.05) is 5.38 Å². The van der Waals surface area contributed by atoms with Gasteiger partial charge in [0.05, 0.1) is 25.9 Å². The Kier molecular flexibility index (Phi) is 7.82.